The molecule has 0 aromatic carbocycles. The summed E-state index contributed by atoms with van der Waals surface area (Å²) in [6, 6.07) is 7.38. The van der Waals surface area contributed by atoms with E-state index in [0.29, 0.717) is 11.1 Å². The van der Waals surface area contributed by atoms with Gasteiger partial charge in [0.05, 0.1) is 11.1 Å². The molecule has 2 heterocycles. The highest BCUT2D eigenvalue weighted by Crippen LogP contribution is 2.08. The van der Waals surface area contributed by atoms with Crippen molar-refractivity contribution in [3.8, 4) is 12.1 Å². The molecule has 0 amide bonds. The van der Waals surface area contributed by atoms with Crippen LogP contribution in [0.25, 0.3) is 0 Å². The molecule has 0 unspecified atom stereocenters. The van der Waals surface area contributed by atoms with Gasteiger partial charge in [-0.15, -0.1) is 0 Å². The van der Waals surface area contributed by atoms with Crippen molar-refractivity contribution in [2.45, 2.75) is 0 Å². The minimum atomic E-state index is 0.573. The average Bonchev–Trinajstić information content (AvgIpc) is 2.39. The van der Waals surface area contributed by atoms with Crippen LogP contribution in [0.15, 0.2) is 45.9 Å². The van der Waals surface area contributed by atoms with Crippen molar-refractivity contribution >= 4 is 31.9 Å². The van der Waals surface area contributed by atoms with E-state index in [2.05, 4.69) is 41.8 Å². The molecule has 0 saturated heterocycles. The molecule has 0 saturated carbocycles. The number of hydrogen-bond donors (Lipinski definition) is 0. The lowest BCUT2D eigenvalue weighted by Gasteiger charge is -1.86. The van der Waals surface area contributed by atoms with E-state index in [1.165, 1.54) is 12.4 Å². The van der Waals surface area contributed by atoms with Crippen molar-refractivity contribution in [3.63, 3.8) is 0 Å². The van der Waals surface area contributed by atoms with E-state index in [4.69, 9.17) is 10.5 Å². The fraction of sp³-hybridized carbons (Fsp3) is 0. The lowest BCUT2D eigenvalue weighted by atomic mass is 10.3. The van der Waals surface area contributed by atoms with Gasteiger partial charge in [-0.2, -0.15) is 10.5 Å². The molecule has 0 N–H and O–H groups in total. The standard InChI is InChI=1S/2C6H3BrN2/c2*7-6-1-5(2-8)3-9-4-6/h2*1,3-4H. The molecular weight excluding hydrogens is 360 g/mol. The van der Waals surface area contributed by atoms with Gasteiger partial charge in [0.15, 0.2) is 0 Å². The summed E-state index contributed by atoms with van der Waals surface area (Å²) in [7, 11) is 0. The largest absolute Gasteiger partial charge is 0.262 e. The highest BCUT2D eigenvalue weighted by Gasteiger charge is 1.89. The molecule has 0 aliphatic heterocycles. The molecule has 88 valence electrons. The third-order valence-electron chi connectivity index (χ3n) is 1.67. The summed E-state index contributed by atoms with van der Waals surface area (Å²) in [6.45, 7) is 0. The first-order chi connectivity index (χ1) is 8.65. The Morgan fingerprint density at radius 2 is 1.17 bits per heavy atom. The smallest absolute Gasteiger partial charge is 0.101 e. The molecule has 18 heavy (non-hydrogen) atoms. The second kappa shape index (κ2) is 7.54. The summed E-state index contributed by atoms with van der Waals surface area (Å²) >= 11 is 6.38. The molecule has 0 atom stereocenters. The first-order valence-electron chi connectivity index (χ1n) is 4.67. The van der Waals surface area contributed by atoms with Gasteiger partial charge in [-0.3, -0.25) is 9.97 Å². The number of rotatable bonds is 0. The maximum atomic E-state index is 8.35. The van der Waals surface area contributed by atoms with Crippen molar-refractivity contribution in [2.75, 3.05) is 0 Å². The Labute approximate surface area is 121 Å². The highest BCUT2D eigenvalue weighted by molar-refractivity contribution is 9.10. The van der Waals surface area contributed by atoms with Gasteiger partial charge < -0.3 is 0 Å². The SMILES string of the molecule is N#Cc1cncc(Br)c1.N#Cc1cncc(Br)c1. The van der Waals surface area contributed by atoms with Crippen LogP contribution in [0.1, 0.15) is 11.1 Å². The normalized spacial score (nSPS) is 8.44. The van der Waals surface area contributed by atoms with Gasteiger partial charge in [-0.05, 0) is 44.0 Å². The van der Waals surface area contributed by atoms with Gasteiger partial charge in [0.2, 0.25) is 0 Å². The summed E-state index contributed by atoms with van der Waals surface area (Å²) in [4.78, 5) is 7.57. The topological polar surface area (TPSA) is 73.4 Å². The van der Waals surface area contributed by atoms with Crippen LogP contribution in [0.2, 0.25) is 0 Å². The third-order valence-corrected chi connectivity index (χ3v) is 2.54. The summed E-state index contributed by atoms with van der Waals surface area (Å²) in [5.41, 5.74) is 1.15. The van der Waals surface area contributed by atoms with Crippen molar-refractivity contribution in [1.82, 2.24) is 9.97 Å². The van der Waals surface area contributed by atoms with Gasteiger partial charge in [0, 0.05) is 33.7 Å². The molecule has 0 aliphatic carbocycles. The number of pyridine rings is 2. The summed E-state index contributed by atoms with van der Waals surface area (Å²) in [6.07, 6.45) is 6.32. The first-order valence-corrected chi connectivity index (χ1v) is 6.25. The molecular formula is C12H6Br2N4. The van der Waals surface area contributed by atoms with E-state index in [-0.39, 0.29) is 0 Å². The number of nitrogens with zero attached hydrogens (tertiary/aromatic N) is 4. The Bertz CT molecular complexity index is 558. The van der Waals surface area contributed by atoms with Crippen LogP contribution < -0.4 is 0 Å². The Morgan fingerprint density at radius 3 is 1.39 bits per heavy atom. The summed E-state index contributed by atoms with van der Waals surface area (Å²) in [5.74, 6) is 0. The van der Waals surface area contributed by atoms with E-state index in [0.717, 1.165) is 8.95 Å². The monoisotopic (exact) mass is 364 g/mol. The van der Waals surface area contributed by atoms with Crippen LogP contribution in [0.4, 0.5) is 0 Å². The van der Waals surface area contributed by atoms with Gasteiger partial charge in [-0.1, -0.05) is 0 Å². The minimum absolute atomic E-state index is 0.573. The Kier molecular flexibility index (Phi) is 5.99. The number of halogens is 2. The molecule has 4 nitrogen and oxygen atoms in total. The second-order valence-corrected chi connectivity index (χ2v) is 4.84. The highest BCUT2D eigenvalue weighted by atomic mass is 79.9. The zero-order valence-corrected chi connectivity index (χ0v) is 12.2. The summed E-state index contributed by atoms with van der Waals surface area (Å²) in [5, 5.41) is 16.7. The Hall–Kier alpha value is -1.76. The van der Waals surface area contributed by atoms with Crippen LogP contribution >= 0.6 is 31.9 Å². The zero-order valence-electron chi connectivity index (χ0n) is 9.01. The molecule has 2 aromatic rings. The predicted molar refractivity (Wildman–Crippen MR) is 73.3 cm³/mol. The third kappa shape index (κ3) is 5.05. The van der Waals surface area contributed by atoms with E-state index < -0.39 is 0 Å². The second-order valence-electron chi connectivity index (χ2n) is 3.01. The Balaban J connectivity index is 0.000000180. The maximum Gasteiger partial charge on any atom is 0.101 e. The van der Waals surface area contributed by atoms with Gasteiger partial charge in [0.25, 0.3) is 0 Å². The van der Waals surface area contributed by atoms with Crippen LogP contribution in [0.5, 0.6) is 0 Å². The fourth-order valence-electron chi connectivity index (χ4n) is 0.946. The number of hydrogen-bond acceptors (Lipinski definition) is 4. The van der Waals surface area contributed by atoms with E-state index in [1.807, 2.05) is 12.1 Å². The van der Waals surface area contributed by atoms with Crippen LogP contribution in [-0.4, -0.2) is 9.97 Å². The van der Waals surface area contributed by atoms with E-state index in [1.54, 1.807) is 24.5 Å². The van der Waals surface area contributed by atoms with Crippen molar-refractivity contribution in [3.05, 3.63) is 57.0 Å². The molecule has 0 bridgehead atoms. The summed E-state index contributed by atoms with van der Waals surface area (Å²) < 4.78 is 1.67. The van der Waals surface area contributed by atoms with Crippen molar-refractivity contribution < 1.29 is 0 Å². The lowest BCUT2D eigenvalue weighted by Crippen LogP contribution is -1.75. The molecule has 2 rings (SSSR count). The van der Waals surface area contributed by atoms with Crippen molar-refractivity contribution in [1.29, 1.82) is 10.5 Å². The fourth-order valence-corrected chi connectivity index (χ4v) is 1.68. The molecule has 0 radical (unpaired) electrons. The molecule has 6 heteroatoms. The Morgan fingerprint density at radius 1 is 0.778 bits per heavy atom. The number of aromatic nitrogens is 2. The van der Waals surface area contributed by atoms with Crippen molar-refractivity contribution in [2.24, 2.45) is 0 Å². The zero-order chi connectivity index (χ0) is 13.4. The molecule has 0 fully saturated rings. The van der Waals surface area contributed by atoms with Crippen LogP contribution in [0.3, 0.4) is 0 Å². The lowest BCUT2D eigenvalue weighted by molar-refractivity contribution is 1.28. The van der Waals surface area contributed by atoms with Gasteiger partial charge >= 0.3 is 0 Å². The minimum Gasteiger partial charge on any atom is -0.262 e. The van der Waals surface area contributed by atoms with E-state index in [9.17, 15) is 0 Å². The van der Waals surface area contributed by atoms with E-state index >= 15 is 0 Å². The quantitative estimate of drug-likeness (QED) is 0.716. The average molecular weight is 366 g/mol. The molecule has 2 aromatic heterocycles. The molecule has 0 aliphatic rings. The maximum absolute atomic E-state index is 8.35. The molecule has 0 spiro atoms. The van der Waals surface area contributed by atoms with Gasteiger partial charge in [-0.25, -0.2) is 0 Å². The van der Waals surface area contributed by atoms with Crippen LogP contribution in [0, 0.1) is 22.7 Å². The number of nitriles is 2. The van der Waals surface area contributed by atoms with Crippen LogP contribution in [-0.2, 0) is 0 Å². The van der Waals surface area contributed by atoms with Gasteiger partial charge in [0.1, 0.15) is 12.1 Å². The predicted octanol–water partition coefficient (Wildman–Crippen LogP) is 3.43. The first kappa shape index (κ1) is 14.3.